The van der Waals surface area contributed by atoms with E-state index in [2.05, 4.69) is 18.0 Å². The van der Waals surface area contributed by atoms with Crippen LogP contribution in [-0.4, -0.2) is 25.0 Å². The standard InChI is InChI=1S/C14H21ClN2/c1-17(10-11-5-4-6-11)14(9-16)12-7-2-3-8-13(12)15/h2-3,7-8,11,14H,4-6,9-10,16H2,1H3. The van der Waals surface area contributed by atoms with Crippen molar-refractivity contribution in [3.63, 3.8) is 0 Å². The van der Waals surface area contributed by atoms with E-state index in [1.54, 1.807) is 0 Å². The minimum atomic E-state index is 0.240. The summed E-state index contributed by atoms with van der Waals surface area (Å²) < 4.78 is 0. The first-order valence-electron chi connectivity index (χ1n) is 6.37. The Balaban J connectivity index is 2.06. The van der Waals surface area contributed by atoms with Crippen molar-refractivity contribution in [2.24, 2.45) is 11.7 Å². The minimum Gasteiger partial charge on any atom is -0.329 e. The Hall–Kier alpha value is -0.570. The van der Waals surface area contributed by atoms with Crippen molar-refractivity contribution in [1.82, 2.24) is 4.90 Å². The van der Waals surface area contributed by atoms with Crippen molar-refractivity contribution < 1.29 is 0 Å². The highest BCUT2D eigenvalue weighted by Crippen LogP contribution is 2.31. The molecule has 1 aromatic carbocycles. The van der Waals surface area contributed by atoms with Crippen molar-refractivity contribution in [3.05, 3.63) is 34.9 Å². The lowest BCUT2D eigenvalue weighted by molar-refractivity contribution is 0.165. The van der Waals surface area contributed by atoms with Crippen molar-refractivity contribution in [1.29, 1.82) is 0 Å². The molecule has 1 fully saturated rings. The molecule has 0 bridgehead atoms. The molecule has 0 amide bonds. The molecule has 0 spiro atoms. The zero-order chi connectivity index (χ0) is 12.3. The Morgan fingerprint density at radius 3 is 2.65 bits per heavy atom. The summed E-state index contributed by atoms with van der Waals surface area (Å²) in [6.07, 6.45) is 4.12. The fraction of sp³-hybridized carbons (Fsp3) is 0.571. The highest BCUT2D eigenvalue weighted by Gasteiger charge is 2.24. The van der Waals surface area contributed by atoms with Gasteiger partial charge in [-0.1, -0.05) is 36.2 Å². The molecular formula is C14H21ClN2. The maximum absolute atomic E-state index is 6.24. The normalized spacial score (nSPS) is 18.1. The highest BCUT2D eigenvalue weighted by atomic mass is 35.5. The smallest absolute Gasteiger partial charge is 0.0482 e. The quantitative estimate of drug-likeness (QED) is 0.873. The molecule has 2 rings (SSSR count). The predicted molar refractivity (Wildman–Crippen MR) is 73.2 cm³/mol. The highest BCUT2D eigenvalue weighted by molar-refractivity contribution is 6.31. The van der Waals surface area contributed by atoms with Gasteiger partial charge in [0.15, 0.2) is 0 Å². The lowest BCUT2D eigenvalue weighted by atomic mass is 9.85. The van der Waals surface area contributed by atoms with Gasteiger partial charge in [0.25, 0.3) is 0 Å². The van der Waals surface area contributed by atoms with Crippen molar-refractivity contribution in [2.75, 3.05) is 20.1 Å². The van der Waals surface area contributed by atoms with Gasteiger partial charge in [-0.2, -0.15) is 0 Å². The summed E-state index contributed by atoms with van der Waals surface area (Å²) in [6, 6.07) is 8.25. The monoisotopic (exact) mass is 252 g/mol. The number of hydrogen-bond acceptors (Lipinski definition) is 2. The topological polar surface area (TPSA) is 29.3 Å². The van der Waals surface area contributed by atoms with E-state index in [0.29, 0.717) is 6.54 Å². The predicted octanol–water partition coefficient (Wildman–Crippen LogP) is 3.07. The molecule has 3 heteroatoms. The second-order valence-corrected chi connectivity index (χ2v) is 5.42. The summed E-state index contributed by atoms with van der Waals surface area (Å²) >= 11 is 6.24. The van der Waals surface area contributed by atoms with Crippen LogP contribution >= 0.6 is 11.6 Å². The van der Waals surface area contributed by atoms with Crippen molar-refractivity contribution >= 4 is 11.6 Å². The van der Waals surface area contributed by atoms with Gasteiger partial charge in [0.2, 0.25) is 0 Å². The van der Waals surface area contributed by atoms with Crippen LogP contribution in [0, 0.1) is 5.92 Å². The molecular weight excluding hydrogens is 232 g/mol. The van der Waals surface area contributed by atoms with Crippen LogP contribution in [0.4, 0.5) is 0 Å². The van der Waals surface area contributed by atoms with Gasteiger partial charge in [-0.15, -0.1) is 0 Å². The zero-order valence-corrected chi connectivity index (χ0v) is 11.2. The average molecular weight is 253 g/mol. The SMILES string of the molecule is CN(CC1CCC1)C(CN)c1ccccc1Cl. The van der Waals surface area contributed by atoms with Gasteiger partial charge in [-0.05, 0) is 37.4 Å². The van der Waals surface area contributed by atoms with Crippen molar-refractivity contribution in [2.45, 2.75) is 25.3 Å². The van der Waals surface area contributed by atoms with Gasteiger partial charge >= 0.3 is 0 Å². The van der Waals surface area contributed by atoms with Gasteiger partial charge in [0.05, 0.1) is 0 Å². The van der Waals surface area contributed by atoms with E-state index in [1.807, 2.05) is 18.2 Å². The Morgan fingerprint density at radius 2 is 2.12 bits per heavy atom. The first kappa shape index (κ1) is 12.9. The van der Waals surface area contributed by atoms with Crippen LogP contribution in [0.15, 0.2) is 24.3 Å². The molecule has 1 aromatic rings. The fourth-order valence-corrected chi connectivity index (χ4v) is 2.76. The number of hydrogen-bond donors (Lipinski definition) is 1. The van der Waals surface area contributed by atoms with E-state index in [9.17, 15) is 0 Å². The third kappa shape index (κ3) is 3.01. The molecule has 1 saturated carbocycles. The Bertz CT molecular complexity index is 363. The third-order valence-corrected chi connectivity index (χ3v) is 4.13. The molecule has 1 aliphatic carbocycles. The van der Waals surface area contributed by atoms with Crippen LogP contribution in [0.5, 0.6) is 0 Å². The number of nitrogens with zero attached hydrogens (tertiary/aromatic N) is 1. The number of nitrogens with two attached hydrogens (primary N) is 1. The third-order valence-electron chi connectivity index (χ3n) is 3.79. The van der Waals surface area contributed by atoms with Gasteiger partial charge < -0.3 is 5.73 Å². The fourth-order valence-electron chi connectivity index (χ4n) is 2.50. The van der Waals surface area contributed by atoms with E-state index < -0.39 is 0 Å². The Morgan fingerprint density at radius 1 is 1.41 bits per heavy atom. The summed E-state index contributed by atoms with van der Waals surface area (Å²) in [5.41, 5.74) is 7.06. The van der Waals surface area contributed by atoms with Crippen LogP contribution in [0.25, 0.3) is 0 Å². The molecule has 2 N–H and O–H groups in total. The molecule has 1 atom stereocenters. The van der Waals surface area contributed by atoms with Crippen LogP contribution in [-0.2, 0) is 0 Å². The van der Waals surface area contributed by atoms with Crippen LogP contribution in [0.2, 0.25) is 5.02 Å². The van der Waals surface area contributed by atoms with Crippen LogP contribution in [0.1, 0.15) is 30.9 Å². The molecule has 0 aliphatic heterocycles. The second kappa shape index (κ2) is 5.85. The largest absolute Gasteiger partial charge is 0.329 e. The summed E-state index contributed by atoms with van der Waals surface area (Å²) in [5, 5.41) is 0.823. The van der Waals surface area contributed by atoms with Crippen molar-refractivity contribution in [3.8, 4) is 0 Å². The molecule has 1 unspecified atom stereocenters. The van der Waals surface area contributed by atoms with E-state index in [1.165, 1.54) is 19.3 Å². The molecule has 0 saturated heterocycles. The first-order chi connectivity index (χ1) is 8.22. The lowest BCUT2D eigenvalue weighted by Crippen LogP contribution is -2.36. The number of benzene rings is 1. The Kier molecular flexibility index (Phi) is 4.43. The number of likely N-dealkylation sites (N-methyl/N-ethyl adjacent to an activating group) is 1. The van der Waals surface area contributed by atoms with E-state index >= 15 is 0 Å². The van der Waals surface area contributed by atoms with E-state index in [-0.39, 0.29) is 6.04 Å². The molecule has 0 radical (unpaired) electrons. The zero-order valence-electron chi connectivity index (χ0n) is 10.4. The van der Waals surface area contributed by atoms with Crippen LogP contribution in [0.3, 0.4) is 0 Å². The lowest BCUT2D eigenvalue weighted by Gasteiger charge is -2.34. The van der Waals surface area contributed by atoms with Gasteiger partial charge in [-0.25, -0.2) is 0 Å². The van der Waals surface area contributed by atoms with E-state index in [0.717, 1.165) is 23.0 Å². The van der Waals surface area contributed by atoms with Gasteiger partial charge in [-0.3, -0.25) is 4.90 Å². The molecule has 17 heavy (non-hydrogen) atoms. The average Bonchev–Trinajstić information content (AvgIpc) is 2.27. The van der Waals surface area contributed by atoms with Crippen LogP contribution < -0.4 is 5.73 Å². The second-order valence-electron chi connectivity index (χ2n) is 5.01. The molecule has 94 valence electrons. The van der Waals surface area contributed by atoms with Gasteiger partial charge in [0.1, 0.15) is 0 Å². The number of rotatable bonds is 5. The summed E-state index contributed by atoms with van der Waals surface area (Å²) in [5.74, 6) is 0.858. The maximum Gasteiger partial charge on any atom is 0.0482 e. The maximum atomic E-state index is 6.24. The molecule has 1 aliphatic rings. The summed E-state index contributed by atoms with van der Waals surface area (Å²) in [6.45, 7) is 1.75. The molecule has 2 nitrogen and oxygen atoms in total. The Labute approximate surface area is 109 Å². The molecule has 0 heterocycles. The summed E-state index contributed by atoms with van der Waals surface area (Å²) in [4.78, 5) is 2.35. The first-order valence-corrected chi connectivity index (χ1v) is 6.75. The van der Waals surface area contributed by atoms with E-state index in [4.69, 9.17) is 17.3 Å². The summed E-state index contributed by atoms with van der Waals surface area (Å²) in [7, 11) is 2.15. The molecule has 0 aromatic heterocycles. The number of halogens is 1. The minimum absolute atomic E-state index is 0.240. The van der Waals surface area contributed by atoms with Gasteiger partial charge in [0, 0.05) is 24.2 Å².